The number of aromatic nitrogens is 3. The summed E-state index contributed by atoms with van der Waals surface area (Å²) < 4.78 is 46.7. The number of carbonyl (C=O) groups is 3. The lowest BCUT2D eigenvalue weighted by molar-refractivity contribution is -0.164. The van der Waals surface area contributed by atoms with Crippen molar-refractivity contribution in [1.82, 2.24) is 25.6 Å². The molecule has 1 aromatic heterocycles. The summed E-state index contributed by atoms with van der Waals surface area (Å²) in [6.45, 7) is 14.6. The van der Waals surface area contributed by atoms with Crippen molar-refractivity contribution in [3.63, 3.8) is 0 Å². The van der Waals surface area contributed by atoms with Gasteiger partial charge in [-0.1, -0.05) is 50.6 Å². The van der Waals surface area contributed by atoms with Gasteiger partial charge >= 0.3 is 0 Å². The van der Waals surface area contributed by atoms with Crippen LogP contribution in [-0.4, -0.2) is 137 Å². The van der Waals surface area contributed by atoms with Crippen molar-refractivity contribution >= 4 is 45.9 Å². The predicted octanol–water partition coefficient (Wildman–Crippen LogP) is 5.28. The van der Waals surface area contributed by atoms with Crippen LogP contribution in [0.5, 0.6) is 11.5 Å². The largest absolute Gasteiger partial charge is 0.491 e. The molecule has 0 radical (unpaired) electrons. The molecule has 3 aromatic carbocycles. The molecular weight excluding hydrogens is 926 g/mol. The minimum atomic E-state index is -0.881. The van der Waals surface area contributed by atoms with E-state index in [1.807, 2.05) is 0 Å². The van der Waals surface area contributed by atoms with E-state index in [0.29, 0.717) is 137 Å². The monoisotopic (exact) mass is 989 g/mol. The van der Waals surface area contributed by atoms with Gasteiger partial charge in [0.15, 0.2) is 0 Å². The SMILES string of the molecule is CC1(C)C(NC(=O)c2ccc(OCCOCCOCCOCCOCCOCCOCCCCNc3cccc4nnn(C5CCC(=O)NC5=O)c(=O)c34)cc2)C(C)(C)C1Oc1ccc(C#N)c(Cl)c1. The first kappa shape index (κ1) is 53.6. The van der Waals surface area contributed by atoms with Crippen LogP contribution in [0.1, 0.15) is 75.3 Å². The Morgan fingerprint density at radius 1 is 0.786 bits per heavy atom. The molecule has 2 heterocycles. The number of hydrogen-bond acceptors (Lipinski definition) is 16. The molecule has 70 heavy (non-hydrogen) atoms. The molecule has 4 aromatic rings. The molecule has 1 aliphatic heterocycles. The van der Waals surface area contributed by atoms with Crippen LogP contribution in [-0.2, 0) is 38.0 Å². The van der Waals surface area contributed by atoms with Gasteiger partial charge in [0.25, 0.3) is 17.4 Å². The molecule has 2 aliphatic rings. The standard InChI is InChI=1S/C50H64ClN7O12/c1-49(2)47(50(3,4)48(49)70-37-15-12-35(33-52)38(51)32-37)55-44(60)34-10-13-36(14-11-34)69-31-30-68-29-28-67-27-26-66-25-24-65-23-22-64-21-20-63-19-6-5-18-53-39-8-7-9-40-43(39)46(62)58(57-56-40)41-16-17-42(59)54-45(41)61/h7-15,32,41,47-48,53H,5-6,16-31H2,1-4H3,(H,55,60)(H,54,59,61). The Morgan fingerprint density at radius 2 is 1.37 bits per heavy atom. The second kappa shape index (κ2) is 26.5. The summed E-state index contributed by atoms with van der Waals surface area (Å²) in [6.07, 6.45) is 1.73. The number of carbonyl (C=O) groups excluding carboxylic acids is 3. The highest BCUT2D eigenvalue weighted by Crippen LogP contribution is 2.55. The van der Waals surface area contributed by atoms with Crippen LogP contribution in [0.15, 0.2) is 65.5 Å². The van der Waals surface area contributed by atoms with Gasteiger partial charge < -0.3 is 48.5 Å². The Hall–Kier alpha value is -5.72. The summed E-state index contributed by atoms with van der Waals surface area (Å²) in [4.78, 5) is 50.4. The van der Waals surface area contributed by atoms with Crippen LogP contribution < -0.4 is 31.0 Å². The number of fused-ring (bicyclic) bond motifs is 1. The van der Waals surface area contributed by atoms with E-state index in [4.69, 9.17) is 49.5 Å². The molecule has 1 saturated carbocycles. The number of imide groups is 1. The van der Waals surface area contributed by atoms with Crippen LogP contribution in [0.25, 0.3) is 10.9 Å². The van der Waals surface area contributed by atoms with Crippen molar-refractivity contribution < 1.29 is 52.3 Å². The summed E-state index contributed by atoms with van der Waals surface area (Å²) in [5.41, 5.74) is 0.762. The van der Waals surface area contributed by atoms with Crippen molar-refractivity contribution in [2.75, 3.05) is 97.8 Å². The first-order valence-electron chi connectivity index (χ1n) is 23.6. The molecule has 1 aliphatic carbocycles. The fourth-order valence-electron chi connectivity index (χ4n) is 8.85. The molecule has 0 bridgehead atoms. The lowest BCUT2D eigenvalue weighted by atomic mass is 9.49. The zero-order valence-corrected chi connectivity index (χ0v) is 41.1. The van der Waals surface area contributed by atoms with Gasteiger partial charge in [-0.3, -0.25) is 24.5 Å². The second-order valence-corrected chi connectivity index (χ2v) is 18.4. The highest BCUT2D eigenvalue weighted by molar-refractivity contribution is 6.31. The first-order chi connectivity index (χ1) is 33.8. The Morgan fingerprint density at radius 3 is 1.96 bits per heavy atom. The fraction of sp³-hybridized carbons (Fsp3) is 0.540. The van der Waals surface area contributed by atoms with E-state index in [1.165, 1.54) is 0 Å². The highest BCUT2D eigenvalue weighted by Gasteiger charge is 2.64. The summed E-state index contributed by atoms with van der Waals surface area (Å²) in [7, 11) is 0. The van der Waals surface area contributed by atoms with E-state index in [2.05, 4.69) is 60.0 Å². The predicted molar refractivity (Wildman–Crippen MR) is 259 cm³/mol. The topological polar surface area (TPSA) is 233 Å². The second-order valence-electron chi connectivity index (χ2n) is 18.0. The number of benzene rings is 3. The van der Waals surface area contributed by atoms with Crippen molar-refractivity contribution in [3.05, 3.63) is 87.2 Å². The number of nitrogens with zero attached hydrogens (tertiary/aromatic N) is 4. The zero-order chi connectivity index (χ0) is 49.9. The third-order valence-corrected chi connectivity index (χ3v) is 12.5. The van der Waals surface area contributed by atoms with E-state index in [-0.39, 0.29) is 47.6 Å². The number of unbranched alkanes of at least 4 members (excludes halogenated alkanes) is 1. The number of anilines is 1. The number of amides is 3. The fourth-order valence-corrected chi connectivity index (χ4v) is 9.06. The van der Waals surface area contributed by atoms with Crippen LogP contribution in [0, 0.1) is 22.2 Å². The van der Waals surface area contributed by atoms with E-state index in [0.717, 1.165) is 17.5 Å². The first-order valence-corrected chi connectivity index (χ1v) is 24.0. The number of halogens is 1. The van der Waals surface area contributed by atoms with E-state index in [9.17, 15) is 24.4 Å². The third kappa shape index (κ3) is 14.7. The molecule has 1 atom stereocenters. The van der Waals surface area contributed by atoms with Crippen molar-refractivity contribution in [1.29, 1.82) is 5.26 Å². The van der Waals surface area contributed by atoms with Gasteiger partial charge in [0.05, 0.1) is 88.6 Å². The molecule has 0 spiro atoms. The van der Waals surface area contributed by atoms with Crippen LogP contribution >= 0.6 is 11.6 Å². The van der Waals surface area contributed by atoms with E-state index >= 15 is 0 Å². The van der Waals surface area contributed by atoms with Crippen molar-refractivity contribution in [2.24, 2.45) is 10.8 Å². The lowest BCUT2D eigenvalue weighted by Crippen LogP contribution is -2.74. The molecule has 2 fully saturated rings. The number of nitrogens with one attached hydrogen (secondary N) is 3. The molecule has 3 amide bonds. The maximum Gasteiger partial charge on any atom is 0.280 e. The van der Waals surface area contributed by atoms with Crippen LogP contribution in [0.4, 0.5) is 5.69 Å². The average Bonchev–Trinajstić information content (AvgIpc) is 3.34. The summed E-state index contributed by atoms with van der Waals surface area (Å²) in [5.74, 6) is 0.113. The van der Waals surface area contributed by atoms with Gasteiger partial charge in [0.2, 0.25) is 5.91 Å². The van der Waals surface area contributed by atoms with Crippen molar-refractivity contribution in [3.8, 4) is 17.6 Å². The highest BCUT2D eigenvalue weighted by atomic mass is 35.5. The molecule has 1 saturated heterocycles. The van der Waals surface area contributed by atoms with Gasteiger partial charge in [-0.15, -0.1) is 5.10 Å². The normalized spacial score (nSPS) is 18.1. The van der Waals surface area contributed by atoms with Gasteiger partial charge in [0, 0.05) is 53.8 Å². The summed E-state index contributed by atoms with van der Waals surface area (Å²) in [6, 6.07) is 18.3. The number of nitriles is 1. The summed E-state index contributed by atoms with van der Waals surface area (Å²) >= 11 is 6.22. The Bertz CT molecular complexity index is 2450. The Balaban J connectivity index is 0.698. The minimum absolute atomic E-state index is 0.132. The summed E-state index contributed by atoms with van der Waals surface area (Å²) in [5, 5.41) is 26.7. The molecule has 19 nitrogen and oxygen atoms in total. The Kier molecular flexibility index (Phi) is 20.3. The maximum atomic E-state index is 13.3. The quantitative estimate of drug-likeness (QED) is 0.0446. The minimum Gasteiger partial charge on any atom is -0.491 e. The number of hydrogen-bond donors (Lipinski definition) is 3. The van der Waals surface area contributed by atoms with Crippen molar-refractivity contribution in [2.45, 2.75) is 71.6 Å². The molecular formula is C50H64ClN7O12. The van der Waals surface area contributed by atoms with Crippen LogP contribution in [0.2, 0.25) is 5.02 Å². The number of rotatable bonds is 30. The van der Waals surface area contributed by atoms with Gasteiger partial charge in [-0.25, -0.2) is 0 Å². The van der Waals surface area contributed by atoms with Crippen LogP contribution in [0.3, 0.4) is 0 Å². The number of ether oxygens (including phenoxy) is 8. The maximum absolute atomic E-state index is 13.3. The van der Waals surface area contributed by atoms with E-state index < -0.39 is 17.5 Å². The molecule has 6 rings (SSSR count). The van der Waals surface area contributed by atoms with Gasteiger partial charge in [0.1, 0.15) is 41.8 Å². The van der Waals surface area contributed by atoms with E-state index in [1.54, 1.807) is 60.7 Å². The Labute approximate surface area is 412 Å². The number of piperidine rings is 1. The van der Waals surface area contributed by atoms with Gasteiger partial charge in [-0.05, 0) is 67.8 Å². The third-order valence-electron chi connectivity index (χ3n) is 12.2. The average molecular weight is 991 g/mol. The smallest absolute Gasteiger partial charge is 0.280 e. The molecule has 1 unspecified atom stereocenters. The zero-order valence-electron chi connectivity index (χ0n) is 40.3. The molecule has 378 valence electrons. The lowest BCUT2D eigenvalue weighted by Gasteiger charge is -2.63. The molecule has 20 heteroatoms. The molecule has 3 N–H and O–H groups in total. The van der Waals surface area contributed by atoms with Gasteiger partial charge in [-0.2, -0.15) is 9.94 Å².